The fourth-order valence-corrected chi connectivity index (χ4v) is 4.10. The predicted octanol–water partition coefficient (Wildman–Crippen LogP) is 3.39. The molecule has 1 amide bonds. The third-order valence-corrected chi connectivity index (χ3v) is 5.61. The zero-order valence-corrected chi connectivity index (χ0v) is 15.2. The summed E-state index contributed by atoms with van der Waals surface area (Å²) in [6.07, 6.45) is 2.80. The Hall–Kier alpha value is -1.71. The van der Waals surface area contributed by atoms with E-state index in [0.717, 1.165) is 35.5 Å². The Labute approximate surface area is 153 Å². The molecule has 9 heteroatoms. The zero-order valence-electron chi connectivity index (χ0n) is 13.5. The van der Waals surface area contributed by atoms with Crippen LogP contribution >= 0.6 is 23.1 Å². The third kappa shape index (κ3) is 5.94. The standard InChI is InChI=1S/C16H19FN4O2S2/c17-11-3-5-12(6-4-11)19-14(22)7-9-24-16-21-20-15(25-16)18-10-13-2-1-8-23-13/h3-6,13H,1-2,7-10H2,(H,18,20)(H,19,22). The molecule has 0 radical (unpaired) electrons. The number of hydrogen-bond donors (Lipinski definition) is 2. The SMILES string of the molecule is O=C(CCSc1nnc(NCC2CCCO2)s1)Nc1ccc(F)cc1. The molecule has 1 aliphatic heterocycles. The first-order valence-electron chi connectivity index (χ1n) is 8.06. The minimum absolute atomic E-state index is 0.111. The summed E-state index contributed by atoms with van der Waals surface area (Å²) in [5, 5.41) is 14.9. The summed E-state index contributed by atoms with van der Waals surface area (Å²) in [5.74, 6) is 0.169. The summed E-state index contributed by atoms with van der Waals surface area (Å²) in [7, 11) is 0. The van der Waals surface area contributed by atoms with E-state index in [-0.39, 0.29) is 17.8 Å². The monoisotopic (exact) mass is 382 g/mol. The fraction of sp³-hybridized carbons (Fsp3) is 0.438. The van der Waals surface area contributed by atoms with Crippen LogP contribution in [0.2, 0.25) is 0 Å². The maximum absolute atomic E-state index is 12.8. The largest absolute Gasteiger partial charge is 0.376 e. The highest BCUT2D eigenvalue weighted by atomic mass is 32.2. The Morgan fingerprint density at radius 1 is 1.36 bits per heavy atom. The van der Waals surface area contributed by atoms with Crippen molar-refractivity contribution >= 4 is 39.8 Å². The van der Waals surface area contributed by atoms with E-state index >= 15 is 0 Å². The van der Waals surface area contributed by atoms with E-state index in [1.807, 2.05) is 0 Å². The lowest BCUT2D eigenvalue weighted by Gasteiger charge is -2.08. The van der Waals surface area contributed by atoms with Crippen molar-refractivity contribution in [1.29, 1.82) is 0 Å². The molecule has 0 saturated carbocycles. The van der Waals surface area contributed by atoms with Crippen molar-refractivity contribution in [1.82, 2.24) is 10.2 Å². The van der Waals surface area contributed by atoms with E-state index in [4.69, 9.17) is 4.74 Å². The lowest BCUT2D eigenvalue weighted by Crippen LogP contribution is -2.18. The van der Waals surface area contributed by atoms with Crippen molar-refractivity contribution in [3.05, 3.63) is 30.1 Å². The highest BCUT2D eigenvalue weighted by molar-refractivity contribution is 8.01. The third-order valence-electron chi connectivity index (χ3n) is 3.59. The molecule has 1 aromatic heterocycles. The number of hydrogen-bond acceptors (Lipinski definition) is 7. The van der Waals surface area contributed by atoms with Crippen LogP contribution in [0.5, 0.6) is 0 Å². The van der Waals surface area contributed by atoms with Crippen LogP contribution in [0.3, 0.4) is 0 Å². The molecule has 1 aromatic carbocycles. The molecular weight excluding hydrogens is 363 g/mol. The highest BCUT2D eigenvalue weighted by Gasteiger charge is 2.16. The molecule has 2 heterocycles. The maximum atomic E-state index is 12.8. The van der Waals surface area contributed by atoms with Crippen LogP contribution in [-0.2, 0) is 9.53 Å². The second-order valence-corrected chi connectivity index (χ2v) is 7.86. The molecular formula is C16H19FN4O2S2. The van der Waals surface area contributed by atoms with Gasteiger partial charge in [0.05, 0.1) is 6.10 Å². The summed E-state index contributed by atoms with van der Waals surface area (Å²) < 4.78 is 19.2. The van der Waals surface area contributed by atoms with E-state index in [1.165, 1.54) is 47.4 Å². The van der Waals surface area contributed by atoms with Gasteiger partial charge in [-0.25, -0.2) is 4.39 Å². The van der Waals surface area contributed by atoms with E-state index < -0.39 is 0 Å². The maximum Gasteiger partial charge on any atom is 0.225 e. The number of nitrogens with zero attached hydrogens (tertiary/aromatic N) is 2. The zero-order chi connectivity index (χ0) is 17.5. The first-order chi connectivity index (χ1) is 12.2. The molecule has 2 aromatic rings. The van der Waals surface area contributed by atoms with Gasteiger partial charge in [-0.1, -0.05) is 23.1 Å². The number of ether oxygens (including phenoxy) is 1. The average Bonchev–Trinajstić information content (AvgIpc) is 3.27. The van der Waals surface area contributed by atoms with Crippen molar-refractivity contribution in [3.63, 3.8) is 0 Å². The van der Waals surface area contributed by atoms with Gasteiger partial charge in [-0.3, -0.25) is 4.79 Å². The summed E-state index contributed by atoms with van der Waals surface area (Å²) in [6, 6.07) is 5.71. The minimum Gasteiger partial charge on any atom is -0.376 e. The molecule has 2 N–H and O–H groups in total. The van der Waals surface area contributed by atoms with E-state index in [0.29, 0.717) is 17.9 Å². The number of amides is 1. The summed E-state index contributed by atoms with van der Waals surface area (Å²) >= 11 is 2.97. The van der Waals surface area contributed by atoms with Crippen molar-refractivity contribution in [2.75, 3.05) is 29.5 Å². The van der Waals surface area contributed by atoms with Gasteiger partial charge in [0.25, 0.3) is 0 Å². The van der Waals surface area contributed by atoms with Gasteiger partial charge in [0.15, 0.2) is 4.34 Å². The number of halogens is 1. The van der Waals surface area contributed by atoms with Crippen LogP contribution in [0.1, 0.15) is 19.3 Å². The number of anilines is 2. The molecule has 0 bridgehead atoms. The first kappa shape index (κ1) is 18.1. The van der Waals surface area contributed by atoms with Crippen LogP contribution in [0, 0.1) is 5.82 Å². The quantitative estimate of drug-likeness (QED) is 0.682. The van der Waals surface area contributed by atoms with Gasteiger partial charge in [-0.05, 0) is 37.1 Å². The normalized spacial score (nSPS) is 16.8. The van der Waals surface area contributed by atoms with Gasteiger partial charge in [0.1, 0.15) is 5.82 Å². The van der Waals surface area contributed by atoms with Gasteiger partial charge >= 0.3 is 0 Å². The molecule has 25 heavy (non-hydrogen) atoms. The lowest BCUT2D eigenvalue weighted by atomic mass is 10.2. The van der Waals surface area contributed by atoms with Crippen LogP contribution in [-0.4, -0.2) is 41.1 Å². The van der Waals surface area contributed by atoms with Crippen molar-refractivity contribution in [2.24, 2.45) is 0 Å². The minimum atomic E-state index is -0.325. The Balaban J connectivity index is 1.35. The summed E-state index contributed by atoms with van der Waals surface area (Å²) in [5.41, 5.74) is 0.591. The Kier molecular flexibility index (Phi) is 6.60. The number of rotatable bonds is 8. The smallest absolute Gasteiger partial charge is 0.225 e. The van der Waals surface area contributed by atoms with Gasteiger partial charge < -0.3 is 15.4 Å². The highest BCUT2D eigenvalue weighted by Crippen LogP contribution is 2.26. The topological polar surface area (TPSA) is 76.1 Å². The van der Waals surface area contributed by atoms with Crippen LogP contribution in [0.15, 0.2) is 28.6 Å². The molecule has 1 unspecified atom stereocenters. The molecule has 0 aliphatic carbocycles. The van der Waals surface area contributed by atoms with E-state index in [1.54, 1.807) is 0 Å². The second-order valence-electron chi connectivity index (χ2n) is 5.54. The molecule has 6 nitrogen and oxygen atoms in total. The van der Waals surface area contributed by atoms with Crippen molar-refractivity contribution in [3.8, 4) is 0 Å². The van der Waals surface area contributed by atoms with Crippen LogP contribution in [0.25, 0.3) is 0 Å². The molecule has 1 fully saturated rings. The lowest BCUT2D eigenvalue weighted by molar-refractivity contribution is -0.115. The van der Waals surface area contributed by atoms with Gasteiger partial charge in [0, 0.05) is 31.0 Å². The van der Waals surface area contributed by atoms with Crippen molar-refractivity contribution < 1.29 is 13.9 Å². The molecule has 1 saturated heterocycles. The molecule has 1 atom stereocenters. The number of carbonyl (C=O) groups excluding carboxylic acids is 1. The molecule has 0 spiro atoms. The Morgan fingerprint density at radius 3 is 2.96 bits per heavy atom. The van der Waals surface area contributed by atoms with E-state index in [2.05, 4.69) is 20.8 Å². The number of aromatic nitrogens is 2. The fourth-order valence-electron chi connectivity index (χ4n) is 2.33. The van der Waals surface area contributed by atoms with Crippen LogP contribution in [0.4, 0.5) is 15.2 Å². The Morgan fingerprint density at radius 2 is 2.20 bits per heavy atom. The molecule has 134 valence electrons. The van der Waals surface area contributed by atoms with Gasteiger partial charge in [-0.15, -0.1) is 10.2 Å². The van der Waals surface area contributed by atoms with Crippen LogP contribution < -0.4 is 10.6 Å². The summed E-state index contributed by atoms with van der Waals surface area (Å²) in [6.45, 7) is 1.59. The summed E-state index contributed by atoms with van der Waals surface area (Å²) in [4.78, 5) is 11.9. The number of thioether (sulfide) groups is 1. The van der Waals surface area contributed by atoms with Gasteiger partial charge in [0.2, 0.25) is 11.0 Å². The van der Waals surface area contributed by atoms with Gasteiger partial charge in [-0.2, -0.15) is 0 Å². The number of carbonyl (C=O) groups is 1. The average molecular weight is 382 g/mol. The number of benzene rings is 1. The first-order valence-corrected chi connectivity index (χ1v) is 9.86. The van der Waals surface area contributed by atoms with E-state index in [9.17, 15) is 9.18 Å². The predicted molar refractivity (Wildman–Crippen MR) is 97.7 cm³/mol. The molecule has 3 rings (SSSR count). The van der Waals surface area contributed by atoms with Crippen molar-refractivity contribution in [2.45, 2.75) is 29.7 Å². The molecule has 1 aliphatic rings. The Bertz CT molecular complexity index is 690. The number of nitrogens with one attached hydrogen (secondary N) is 2. The second kappa shape index (κ2) is 9.12.